The van der Waals surface area contributed by atoms with Gasteiger partial charge in [0.1, 0.15) is 5.00 Å². The van der Waals surface area contributed by atoms with Crippen molar-refractivity contribution in [3.8, 4) is 0 Å². The van der Waals surface area contributed by atoms with Gasteiger partial charge < -0.3 is 14.7 Å². The molecule has 2 rings (SSSR count). The Morgan fingerprint density at radius 3 is 2.63 bits per heavy atom. The molecule has 0 aliphatic carbocycles. The highest BCUT2D eigenvalue weighted by atomic mass is 32.1. The van der Waals surface area contributed by atoms with Gasteiger partial charge in [0.05, 0.1) is 17.8 Å². The van der Waals surface area contributed by atoms with Crippen LogP contribution in [0.15, 0.2) is 11.4 Å². The molecule has 1 aliphatic rings. The molecule has 2 heterocycles. The maximum atomic E-state index is 12.1. The number of urea groups is 1. The predicted octanol–water partition coefficient (Wildman–Crippen LogP) is 2.09. The van der Waals surface area contributed by atoms with E-state index in [1.54, 1.807) is 10.3 Å². The molecule has 2 atom stereocenters. The van der Waals surface area contributed by atoms with Gasteiger partial charge in [-0.2, -0.15) is 0 Å². The summed E-state index contributed by atoms with van der Waals surface area (Å²) in [7, 11) is 0. The normalized spacial score (nSPS) is 23.2. The number of hydrogen-bond acceptors (Lipinski definition) is 4. The molecule has 0 unspecified atom stereocenters. The summed E-state index contributed by atoms with van der Waals surface area (Å²) in [6.45, 7) is 4.82. The first kappa shape index (κ1) is 13.8. The number of carboxylic acid groups (broad SMARTS) is 1. The zero-order valence-corrected chi connectivity index (χ0v) is 11.6. The van der Waals surface area contributed by atoms with E-state index in [0.717, 1.165) is 0 Å². The highest BCUT2D eigenvalue weighted by Crippen LogP contribution is 2.24. The Morgan fingerprint density at radius 2 is 2.05 bits per heavy atom. The first-order valence-electron chi connectivity index (χ1n) is 5.99. The SMILES string of the molecule is C[C@@H]1CN(C(=O)Nc2sccc2C(=O)O)C[C@H](C)O1. The van der Waals surface area contributed by atoms with E-state index < -0.39 is 5.97 Å². The fourth-order valence-corrected chi connectivity index (χ4v) is 2.86. The van der Waals surface area contributed by atoms with Crippen LogP contribution in [0.2, 0.25) is 0 Å². The van der Waals surface area contributed by atoms with Crippen LogP contribution in [0.5, 0.6) is 0 Å². The third-order valence-electron chi connectivity index (χ3n) is 2.82. The maximum Gasteiger partial charge on any atom is 0.338 e. The number of thiophene rings is 1. The van der Waals surface area contributed by atoms with Crippen LogP contribution in [0.4, 0.5) is 9.80 Å². The Kier molecular flexibility index (Phi) is 4.06. The lowest BCUT2D eigenvalue weighted by Gasteiger charge is -2.35. The van der Waals surface area contributed by atoms with Crippen molar-refractivity contribution in [1.29, 1.82) is 0 Å². The van der Waals surface area contributed by atoms with Gasteiger partial charge in [-0.15, -0.1) is 11.3 Å². The fourth-order valence-electron chi connectivity index (χ4n) is 2.09. The molecule has 7 heteroatoms. The zero-order chi connectivity index (χ0) is 14.0. The molecule has 6 nitrogen and oxygen atoms in total. The summed E-state index contributed by atoms with van der Waals surface area (Å²) in [5.74, 6) is -1.04. The Labute approximate surface area is 115 Å². The van der Waals surface area contributed by atoms with Crippen LogP contribution < -0.4 is 5.32 Å². The molecule has 0 saturated carbocycles. The van der Waals surface area contributed by atoms with Crippen LogP contribution in [0.25, 0.3) is 0 Å². The van der Waals surface area contributed by atoms with E-state index >= 15 is 0 Å². The number of carbonyl (C=O) groups is 2. The van der Waals surface area contributed by atoms with Gasteiger partial charge in [-0.3, -0.25) is 5.32 Å². The van der Waals surface area contributed by atoms with E-state index in [4.69, 9.17) is 9.84 Å². The molecule has 1 aromatic rings. The van der Waals surface area contributed by atoms with E-state index in [-0.39, 0.29) is 23.8 Å². The van der Waals surface area contributed by atoms with Crippen molar-refractivity contribution in [2.75, 3.05) is 18.4 Å². The van der Waals surface area contributed by atoms with Crippen molar-refractivity contribution >= 4 is 28.3 Å². The van der Waals surface area contributed by atoms with Crippen molar-refractivity contribution < 1.29 is 19.4 Å². The van der Waals surface area contributed by atoms with Crippen molar-refractivity contribution in [3.05, 3.63) is 17.0 Å². The van der Waals surface area contributed by atoms with Crippen molar-refractivity contribution in [2.45, 2.75) is 26.1 Å². The second kappa shape index (κ2) is 5.58. The van der Waals surface area contributed by atoms with Gasteiger partial charge >= 0.3 is 12.0 Å². The molecular weight excluding hydrogens is 268 g/mol. The molecule has 104 valence electrons. The molecule has 2 amide bonds. The number of carbonyl (C=O) groups excluding carboxylic acids is 1. The van der Waals surface area contributed by atoms with E-state index in [0.29, 0.717) is 18.1 Å². The highest BCUT2D eigenvalue weighted by molar-refractivity contribution is 7.14. The average Bonchev–Trinajstić information content (AvgIpc) is 2.75. The molecule has 0 radical (unpaired) electrons. The largest absolute Gasteiger partial charge is 0.478 e. The van der Waals surface area contributed by atoms with Crippen molar-refractivity contribution in [1.82, 2.24) is 4.90 Å². The number of anilines is 1. The van der Waals surface area contributed by atoms with E-state index in [2.05, 4.69) is 5.32 Å². The first-order valence-corrected chi connectivity index (χ1v) is 6.87. The zero-order valence-electron chi connectivity index (χ0n) is 10.8. The molecule has 1 saturated heterocycles. The van der Waals surface area contributed by atoms with Crippen LogP contribution in [0.1, 0.15) is 24.2 Å². The lowest BCUT2D eigenvalue weighted by molar-refractivity contribution is -0.0530. The molecule has 1 aromatic heterocycles. The monoisotopic (exact) mass is 284 g/mol. The van der Waals surface area contributed by atoms with Crippen molar-refractivity contribution in [2.24, 2.45) is 0 Å². The first-order chi connectivity index (χ1) is 8.97. The number of amides is 2. The minimum atomic E-state index is -1.04. The maximum absolute atomic E-state index is 12.1. The minimum absolute atomic E-state index is 0.0169. The Bertz CT molecular complexity index is 478. The molecule has 0 spiro atoms. The number of ether oxygens (including phenoxy) is 1. The van der Waals surface area contributed by atoms with Gasteiger partial charge in [0.2, 0.25) is 0 Å². The second-order valence-electron chi connectivity index (χ2n) is 4.56. The highest BCUT2D eigenvalue weighted by Gasteiger charge is 2.26. The summed E-state index contributed by atoms with van der Waals surface area (Å²) in [5, 5.41) is 13.6. The van der Waals surface area contributed by atoms with E-state index in [1.807, 2.05) is 13.8 Å². The lowest BCUT2D eigenvalue weighted by atomic mass is 10.2. The van der Waals surface area contributed by atoms with Crippen LogP contribution in [0, 0.1) is 0 Å². The average molecular weight is 284 g/mol. The number of rotatable bonds is 2. The summed E-state index contributed by atoms with van der Waals surface area (Å²) >= 11 is 1.20. The van der Waals surface area contributed by atoms with Crippen LogP contribution >= 0.6 is 11.3 Å². The summed E-state index contributed by atoms with van der Waals surface area (Å²) in [5.41, 5.74) is 0.118. The topological polar surface area (TPSA) is 78.9 Å². The quantitative estimate of drug-likeness (QED) is 0.871. The summed E-state index contributed by atoms with van der Waals surface area (Å²) < 4.78 is 5.55. The van der Waals surface area contributed by atoms with E-state index in [9.17, 15) is 9.59 Å². The van der Waals surface area contributed by atoms with Gasteiger partial charge in [0, 0.05) is 13.1 Å². The lowest BCUT2D eigenvalue weighted by Crippen LogP contribution is -2.49. The number of nitrogens with one attached hydrogen (secondary N) is 1. The molecule has 1 fully saturated rings. The number of hydrogen-bond donors (Lipinski definition) is 2. The molecule has 2 N–H and O–H groups in total. The Morgan fingerprint density at radius 1 is 1.42 bits per heavy atom. The summed E-state index contributed by atoms with van der Waals surface area (Å²) in [6.07, 6.45) is -0.0337. The summed E-state index contributed by atoms with van der Waals surface area (Å²) in [6, 6.07) is 1.19. The van der Waals surface area contributed by atoms with Crippen LogP contribution in [0.3, 0.4) is 0 Å². The number of nitrogens with zero attached hydrogens (tertiary/aromatic N) is 1. The molecule has 0 aromatic carbocycles. The predicted molar refractivity (Wildman–Crippen MR) is 71.9 cm³/mol. The number of carboxylic acids is 1. The standard InChI is InChI=1S/C12H16N2O4S/c1-7-5-14(6-8(2)18-7)12(17)13-10-9(11(15)16)3-4-19-10/h3-4,7-8H,5-6H2,1-2H3,(H,13,17)(H,15,16)/t7-,8+. The van der Waals surface area contributed by atoms with Gasteiger partial charge in [-0.05, 0) is 25.3 Å². The van der Waals surface area contributed by atoms with Crippen molar-refractivity contribution in [3.63, 3.8) is 0 Å². The van der Waals surface area contributed by atoms with Crippen LogP contribution in [-0.2, 0) is 4.74 Å². The van der Waals surface area contributed by atoms with Crippen LogP contribution in [-0.4, -0.2) is 47.3 Å². The molecule has 0 bridgehead atoms. The van der Waals surface area contributed by atoms with E-state index in [1.165, 1.54) is 17.4 Å². The Hall–Kier alpha value is -1.60. The Balaban J connectivity index is 2.04. The summed E-state index contributed by atoms with van der Waals surface area (Å²) in [4.78, 5) is 24.7. The fraction of sp³-hybridized carbons (Fsp3) is 0.500. The smallest absolute Gasteiger partial charge is 0.338 e. The third-order valence-corrected chi connectivity index (χ3v) is 3.65. The van der Waals surface area contributed by atoms with Gasteiger partial charge in [-0.25, -0.2) is 9.59 Å². The third kappa shape index (κ3) is 3.24. The number of aromatic carboxylic acids is 1. The molecular formula is C12H16N2O4S. The molecule has 1 aliphatic heterocycles. The minimum Gasteiger partial charge on any atom is -0.478 e. The van der Waals surface area contributed by atoms with Gasteiger partial charge in [-0.1, -0.05) is 0 Å². The second-order valence-corrected chi connectivity index (χ2v) is 5.48. The van der Waals surface area contributed by atoms with Gasteiger partial charge in [0.25, 0.3) is 0 Å². The molecule has 19 heavy (non-hydrogen) atoms. The number of morpholine rings is 1. The van der Waals surface area contributed by atoms with Gasteiger partial charge in [0.15, 0.2) is 0 Å².